The molecular formula is C20H18ClFN2O. The predicted octanol–water partition coefficient (Wildman–Crippen LogP) is 4.70. The highest BCUT2D eigenvalue weighted by Gasteiger charge is 2.20. The summed E-state index contributed by atoms with van der Waals surface area (Å²) in [7, 11) is 0. The lowest BCUT2D eigenvalue weighted by Gasteiger charge is -2.22. The number of amides is 1. The van der Waals surface area contributed by atoms with E-state index in [0.717, 1.165) is 16.7 Å². The van der Waals surface area contributed by atoms with Gasteiger partial charge in [-0.25, -0.2) is 4.39 Å². The third-order valence-corrected chi connectivity index (χ3v) is 4.14. The molecule has 0 bridgehead atoms. The Balaban J connectivity index is 1.88. The van der Waals surface area contributed by atoms with Crippen LogP contribution < -0.4 is 0 Å². The van der Waals surface area contributed by atoms with Crippen molar-refractivity contribution < 1.29 is 9.18 Å². The average Bonchev–Trinajstić information content (AvgIpc) is 3.12. The number of hydrogen-bond acceptors (Lipinski definition) is 1. The van der Waals surface area contributed by atoms with Crippen LogP contribution in [0.2, 0.25) is 0 Å². The van der Waals surface area contributed by atoms with Crippen LogP contribution in [0.3, 0.4) is 0 Å². The summed E-state index contributed by atoms with van der Waals surface area (Å²) in [5.74, 6) is -0.0839. The third kappa shape index (κ3) is 4.09. The molecule has 25 heavy (non-hydrogen) atoms. The van der Waals surface area contributed by atoms with E-state index in [1.165, 1.54) is 12.1 Å². The van der Waals surface area contributed by atoms with Crippen LogP contribution in [0.5, 0.6) is 0 Å². The van der Waals surface area contributed by atoms with Gasteiger partial charge < -0.3 is 9.88 Å². The molecular weight excluding hydrogens is 339 g/mol. The fourth-order valence-electron chi connectivity index (χ4n) is 2.73. The lowest BCUT2D eigenvalue weighted by Crippen LogP contribution is -2.32. The Morgan fingerprint density at radius 2 is 1.76 bits per heavy atom. The third-order valence-electron chi connectivity index (χ3n) is 3.97. The first-order valence-corrected chi connectivity index (χ1v) is 8.55. The topological polar surface area (TPSA) is 36.1 Å². The number of carbonyl (C=O) groups is 1. The number of benzene rings is 2. The van der Waals surface area contributed by atoms with Crippen LogP contribution >= 0.6 is 11.6 Å². The van der Waals surface area contributed by atoms with Gasteiger partial charge in [0, 0.05) is 30.7 Å². The minimum absolute atomic E-state index is 0.131. The van der Waals surface area contributed by atoms with Crippen LogP contribution in [0.25, 0.3) is 11.1 Å². The summed E-state index contributed by atoms with van der Waals surface area (Å²) in [6.07, 6.45) is 1.72. The molecule has 0 fully saturated rings. The van der Waals surface area contributed by atoms with Gasteiger partial charge in [-0.2, -0.15) is 0 Å². The number of H-pyrrole nitrogens is 1. The molecule has 1 aromatic heterocycles. The van der Waals surface area contributed by atoms with Gasteiger partial charge in [0.05, 0.1) is 0 Å². The Morgan fingerprint density at radius 1 is 1.04 bits per heavy atom. The Bertz CT molecular complexity index is 830. The van der Waals surface area contributed by atoms with Gasteiger partial charge in [0.15, 0.2) is 0 Å². The van der Waals surface area contributed by atoms with E-state index in [2.05, 4.69) is 4.98 Å². The smallest absolute Gasteiger partial charge is 0.271 e. The van der Waals surface area contributed by atoms with E-state index in [9.17, 15) is 9.18 Å². The zero-order chi connectivity index (χ0) is 17.6. The first-order valence-electron chi connectivity index (χ1n) is 8.01. The number of hydrogen-bond donors (Lipinski definition) is 1. The molecule has 3 aromatic rings. The number of nitrogens with zero attached hydrogens (tertiary/aromatic N) is 1. The van der Waals surface area contributed by atoms with Crippen LogP contribution in [0.1, 0.15) is 16.1 Å². The molecule has 0 atom stereocenters. The summed E-state index contributed by atoms with van der Waals surface area (Å²) < 4.78 is 13.2. The largest absolute Gasteiger partial charge is 0.357 e. The Kier molecular flexibility index (Phi) is 5.51. The lowest BCUT2D eigenvalue weighted by atomic mass is 10.1. The Morgan fingerprint density at radius 3 is 2.44 bits per heavy atom. The molecule has 0 spiro atoms. The average molecular weight is 357 g/mol. The Labute approximate surface area is 151 Å². The summed E-state index contributed by atoms with van der Waals surface area (Å²) in [4.78, 5) is 17.7. The maximum Gasteiger partial charge on any atom is 0.271 e. The number of aromatic nitrogens is 1. The van der Waals surface area contributed by atoms with E-state index in [0.29, 0.717) is 24.7 Å². The fourth-order valence-corrected chi connectivity index (χ4v) is 2.94. The second-order valence-corrected chi connectivity index (χ2v) is 6.05. The normalized spacial score (nSPS) is 10.6. The number of rotatable bonds is 6. The van der Waals surface area contributed by atoms with Gasteiger partial charge in [-0.1, -0.05) is 42.5 Å². The molecule has 0 radical (unpaired) electrons. The van der Waals surface area contributed by atoms with E-state index in [1.54, 1.807) is 23.2 Å². The molecule has 5 heteroatoms. The van der Waals surface area contributed by atoms with E-state index in [-0.39, 0.29) is 11.7 Å². The second-order valence-electron chi connectivity index (χ2n) is 5.67. The fraction of sp³-hybridized carbons (Fsp3) is 0.150. The highest BCUT2D eigenvalue weighted by Crippen LogP contribution is 2.25. The standard InChI is InChI=1S/C20H18ClFN2O/c21-11-13-24(14-15-4-2-1-3-5-15)20(25)19-18(10-12-23-19)16-6-8-17(22)9-7-16/h1-10,12,23H,11,13-14H2. The van der Waals surface area contributed by atoms with Crippen LogP contribution in [-0.4, -0.2) is 28.2 Å². The molecule has 3 nitrogen and oxygen atoms in total. The number of alkyl halides is 1. The van der Waals surface area contributed by atoms with Crippen LogP contribution in [0, 0.1) is 5.82 Å². The molecule has 2 aromatic carbocycles. The first kappa shape index (κ1) is 17.2. The van der Waals surface area contributed by atoms with Crippen molar-refractivity contribution in [3.05, 3.63) is 83.9 Å². The van der Waals surface area contributed by atoms with Crippen molar-refractivity contribution in [3.8, 4) is 11.1 Å². The summed E-state index contributed by atoms with van der Waals surface area (Å²) in [6, 6.07) is 17.7. The number of aromatic amines is 1. The van der Waals surface area contributed by atoms with Crippen LogP contribution in [0.15, 0.2) is 66.9 Å². The van der Waals surface area contributed by atoms with Crippen molar-refractivity contribution in [2.75, 3.05) is 12.4 Å². The van der Waals surface area contributed by atoms with Gasteiger partial charge in [0.2, 0.25) is 0 Å². The van der Waals surface area contributed by atoms with Crippen LogP contribution in [-0.2, 0) is 6.54 Å². The van der Waals surface area contributed by atoms with E-state index >= 15 is 0 Å². The van der Waals surface area contributed by atoms with Gasteiger partial charge in [-0.3, -0.25) is 4.79 Å². The van der Waals surface area contributed by atoms with Gasteiger partial charge in [-0.05, 0) is 29.3 Å². The van der Waals surface area contributed by atoms with Crippen molar-refractivity contribution in [1.82, 2.24) is 9.88 Å². The molecule has 0 saturated carbocycles. The van der Waals surface area contributed by atoms with Crippen molar-refractivity contribution in [3.63, 3.8) is 0 Å². The van der Waals surface area contributed by atoms with Gasteiger partial charge >= 0.3 is 0 Å². The van der Waals surface area contributed by atoms with E-state index in [4.69, 9.17) is 11.6 Å². The lowest BCUT2D eigenvalue weighted by molar-refractivity contribution is 0.0749. The predicted molar refractivity (Wildman–Crippen MR) is 98.1 cm³/mol. The molecule has 1 N–H and O–H groups in total. The molecule has 1 amide bonds. The van der Waals surface area contributed by atoms with Crippen molar-refractivity contribution in [1.29, 1.82) is 0 Å². The molecule has 0 aliphatic carbocycles. The van der Waals surface area contributed by atoms with E-state index in [1.807, 2.05) is 36.4 Å². The molecule has 0 saturated heterocycles. The number of carbonyl (C=O) groups excluding carboxylic acids is 1. The second kappa shape index (κ2) is 7.99. The van der Waals surface area contributed by atoms with Crippen molar-refractivity contribution in [2.45, 2.75) is 6.54 Å². The Hall–Kier alpha value is -2.59. The SMILES string of the molecule is O=C(c1[nH]ccc1-c1ccc(F)cc1)N(CCCl)Cc1ccccc1. The molecule has 128 valence electrons. The van der Waals surface area contributed by atoms with Gasteiger partial charge in [-0.15, -0.1) is 11.6 Å². The minimum Gasteiger partial charge on any atom is -0.357 e. The summed E-state index contributed by atoms with van der Waals surface area (Å²) >= 11 is 5.90. The van der Waals surface area contributed by atoms with Crippen molar-refractivity contribution in [2.24, 2.45) is 0 Å². The van der Waals surface area contributed by atoms with Gasteiger partial charge in [0.1, 0.15) is 11.5 Å². The minimum atomic E-state index is -0.306. The quantitative estimate of drug-likeness (QED) is 0.638. The van der Waals surface area contributed by atoms with Gasteiger partial charge in [0.25, 0.3) is 5.91 Å². The zero-order valence-electron chi connectivity index (χ0n) is 13.6. The van der Waals surface area contributed by atoms with Crippen LogP contribution in [0.4, 0.5) is 4.39 Å². The first-order chi connectivity index (χ1) is 12.2. The molecule has 3 rings (SSSR count). The van der Waals surface area contributed by atoms with E-state index < -0.39 is 0 Å². The zero-order valence-corrected chi connectivity index (χ0v) is 14.3. The summed E-state index contributed by atoms with van der Waals surface area (Å²) in [5.41, 5.74) is 3.05. The number of nitrogens with one attached hydrogen (secondary N) is 1. The monoisotopic (exact) mass is 356 g/mol. The summed E-state index contributed by atoms with van der Waals surface area (Å²) in [5, 5.41) is 0. The molecule has 1 heterocycles. The highest BCUT2D eigenvalue weighted by atomic mass is 35.5. The maximum absolute atomic E-state index is 13.2. The van der Waals surface area contributed by atoms with Crippen molar-refractivity contribution >= 4 is 17.5 Å². The molecule has 0 unspecified atom stereocenters. The maximum atomic E-state index is 13.2. The number of halogens is 2. The molecule has 0 aliphatic heterocycles. The summed E-state index contributed by atoms with van der Waals surface area (Å²) in [6.45, 7) is 0.922. The molecule has 0 aliphatic rings. The highest BCUT2D eigenvalue weighted by molar-refractivity contribution is 6.18.